The number of hydrogen-bond donors (Lipinski definition) is 0. The van der Waals surface area contributed by atoms with Crippen LogP contribution in [0.15, 0.2) is 54.6 Å². The Kier molecular flexibility index (Phi) is 7.37. The first-order chi connectivity index (χ1) is 14.5. The van der Waals surface area contributed by atoms with Crippen LogP contribution in [0, 0.1) is 10.1 Å². The van der Waals surface area contributed by atoms with Crippen molar-refractivity contribution < 1.29 is 19.2 Å². The molecule has 1 aliphatic heterocycles. The first kappa shape index (κ1) is 21.3. The van der Waals surface area contributed by atoms with E-state index in [0.717, 1.165) is 12.8 Å². The number of nitro groups is 1. The molecular formula is C22H25N3O5. The summed E-state index contributed by atoms with van der Waals surface area (Å²) in [6, 6.07) is 16.0. The van der Waals surface area contributed by atoms with Crippen LogP contribution in [0.4, 0.5) is 5.69 Å². The molecule has 0 atom stereocenters. The summed E-state index contributed by atoms with van der Waals surface area (Å²) in [4.78, 5) is 38.7. The van der Waals surface area contributed by atoms with Gasteiger partial charge in [0.15, 0.2) is 12.4 Å². The minimum atomic E-state index is -0.540. The molecule has 3 rings (SSSR count). The topological polar surface area (TPSA) is 93.0 Å². The fourth-order valence-electron chi connectivity index (χ4n) is 3.41. The van der Waals surface area contributed by atoms with Gasteiger partial charge in [0, 0.05) is 38.7 Å². The normalized spacial score (nSPS) is 13.7. The predicted octanol–water partition coefficient (Wildman–Crippen LogP) is 2.67. The second-order valence-electron chi connectivity index (χ2n) is 7.11. The molecule has 0 saturated carbocycles. The SMILES string of the molecule is O=C(CCCc1ccccc1)N1CCN(C(=O)COc2ccccc2[N+](=O)[O-])CC1. The van der Waals surface area contributed by atoms with Crippen LogP contribution < -0.4 is 4.74 Å². The maximum absolute atomic E-state index is 12.4. The Balaban J connectivity index is 1.40. The highest BCUT2D eigenvalue weighted by molar-refractivity contribution is 5.79. The lowest BCUT2D eigenvalue weighted by molar-refractivity contribution is -0.385. The van der Waals surface area contributed by atoms with Gasteiger partial charge in [-0.2, -0.15) is 0 Å². The number of para-hydroxylation sites is 2. The smallest absolute Gasteiger partial charge is 0.310 e. The molecule has 2 aromatic rings. The summed E-state index contributed by atoms with van der Waals surface area (Å²) in [6.45, 7) is 1.58. The van der Waals surface area contributed by atoms with Crippen LogP contribution in [0.25, 0.3) is 0 Å². The Morgan fingerprint density at radius 1 is 0.900 bits per heavy atom. The summed E-state index contributed by atoms with van der Waals surface area (Å²) in [5, 5.41) is 11.0. The van der Waals surface area contributed by atoms with Crippen molar-refractivity contribution >= 4 is 17.5 Å². The lowest BCUT2D eigenvalue weighted by atomic mass is 10.1. The number of benzene rings is 2. The molecular weight excluding hydrogens is 386 g/mol. The number of ether oxygens (including phenoxy) is 1. The van der Waals surface area contributed by atoms with Crippen LogP contribution in [0.1, 0.15) is 18.4 Å². The second-order valence-corrected chi connectivity index (χ2v) is 7.11. The number of nitrogens with zero attached hydrogens (tertiary/aromatic N) is 3. The maximum Gasteiger partial charge on any atom is 0.310 e. The lowest BCUT2D eigenvalue weighted by Crippen LogP contribution is -2.51. The number of nitro benzene ring substituents is 1. The van der Waals surface area contributed by atoms with E-state index in [2.05, 4.69) is 12.1 Å². The van der Waals surface area contributed by atoms with Crippen molar-refractivity contribution in [2.45, 2.75) is 19.3 Å². The van der Waals surface area contributed by atoms with Gasteiger partial charge >= 0.3 is 5.69 Å². The van der Waals surface area contributed by atoms with E-state index in [4.69, 9.17) is 4.74 Å². The molecule has 0 aromatic heterocycles. The van der Waals surface area contributed by atoms with Gasteiger partial charge in [0.25, 0.3) is 5.91 Å². The van der Waals surface area contributed by atoms with Crippen LogP contribution in [0.3, 0.4) is 0 Å². The van der Waals surface area contributed by atoms with Gasteiger partial charge in [-0.05, 0) is 24.5 Å². The quantitative estimate of drug-likeness (QED) is 0.492. The van der Waals surface area contributed by atoms with E-state index in [1.165, 1.54) is 17.7 Å². The molecule has 1 heterocycles. The third kappa shape index (κ3) is 5.79. The maximum atomic E-state index is 12.4. The standard InChI is InChI=1S/C22H25N3O5/c26-21(12-6-9-18-7-2-1-3-8-18)23-13-15-24(16-14-23)22(27)17-30-20-11-5-4-10-19(20)25(28)29/h1-5,7-8,10-11H,6,9,12-17H2. The molecule has 0 aliphatic carbocycles. The van der Waals surface area contributed by atoms with E-state index in [-0.39, 0.29) is 29.9 Å². The van der Waals surface area contributed by atoms with Gasteiger partial charge in [0.1, 0.15) is 0 Å². The summed E-state index contributed by atoms with van der Waals surface area (Å²) in [5.41, 5.74) is 1.05. The molecule has 1 fully saturated rings. The van der Waals surface area contributed by atoms with Crippen molar-refractivity contribution in [1.82, 2.24) is 9.80 Å². The number of hydrogen-bond acceptors (Lipinski definition) is 5. The van der Waals surface area contributed by atoms with Crippen molar-refractivity contribution in [1.29, 1.82) is 0 Å². The predicted molar refractivity (Wildman–Crippen MR) is 111 cm³/mol. The highest BCUT2D eigenvalue weighted by Gasteiger charge is 2.24. The summed E-state index contributed by atoms with van der Waals surface area (Å²) in [7, 11) is 0. The van der Waals surface area contributed by atoms with E-state index < -0.39 is 4.92 Å². The molecule has 8 heteroatoms. The van der Waals surface area contributed by atoms with Gasteiger partial charge in [-0.15, -0.1) is 0 Å². The number of aryl methyl sites for hydroxylation is 1. The fourth-order valence-corrected chi connectivity index (χ4v) is 3.41. The van der Waals surface area contributed by atoms with Crippen LogP contribution in [0.5, 0.6) is 5.75 Å². The lowest BCUT2D eigenvalue weighted by Gasteiger charge is -2.34. The fraction of sp³-hybridized carbons (Fsp3) is 0.364. The van der Waals surface area contributed by atoms with Crippen molar-refractivity contribution in [2.24, 2.45) is 0 Å². The van der Waals surface area contributed by atoms with Gasteiger partial charge in [-0.1, -0.05) is 42.5 Å². The molecule has 158 valence electrons. The molecule has 30 heavy (non-hydrogen) atoms. The summed E-state index contributed by atoms with van der Waals surface area (Å²) in [6.07, 6.45) is 2.16. The Bertz CT molecular complexity index is 879. The van der Waals surface area contributed by atoms with Crippen LogP contribution in [0.2, 0.25) is 0 Å². The molecule has 0 N–H and O–H groups in total. The van der Waals surface area contributed by atoms with Gasteiger partial charge in [-0.25, -0.2) is 0 Å². The third-order valence-electron chi connectivity index (χ3n) is 5.10. The van der Waals surface area contributed by atoms with Gasteiger partial charge in [0.05, 0.1) is 4.92 Å². The zero-order chi connectivity index (χ0) is 21.3. The molecule has 0 radical (unpaired) electrons. The minimum Gasteiger partial charge on any atom is -0.477 e. The number of piperazine rings is 1. The Morgan fingerprint density at radius 3 is 2.17 bits per heavy atom. The average Bonchev–Trinajstić information content (AvgIpc) is 2.78. The van der Waals surface area contributed by atoms with E-state index in [0.29, 0.717) is 32.6 Å². The first-order valence-corrected chi connectivity index (χ1v) is 10.0. The summed E-state index contributed by atoms with van der Waals surface area (Å²) in [5.74, 6) is -0.0680. The molecule has 0 unspecified atom stereocenters. The average molecular weight is 411 g/mol. The van der Waals surface area contributed by atoms with E-state index >= 15 is 0 Å². The first-order valence-electron chi connectivity index (χ1n) is 10.0. The van der Waals surface area contributed by atoms with Crippen LogP contribution in [-0.2, 0) is 16.0 Å². The Hall–Kier alpha value is -3.42. The number of amides is 2. The number of rotatable bonds is 8. The van der Waals surface area contributed by atoms with Crippen molar-refractivity contribution in [2.75, 3.05) is 32.8 Å². The summed E-state index contributed by atoms with van der Waals surface area (Å²) >= 11 is 0. The van der Waals surface area contributed by atoms with Gasteiger partial charge in [-0.3, -0.25) is 19.7 Å². The largest absolute Gasteiger partial charge is 0.477 e. The van der Waals surface area contributed by atoms with Crippen molar-refractivity contribution in [3.8, 4) is 5.75 Å². The van der Waals surface area contributed by atoms with Gasteiger partial charge in [0.2, 0.25) is 5.91 Å². The highest BCUT2D eigenvalue weighted by atomic mass is 16.6. The Morgan fingerprint density at radius 2 is 1.50 bits per heavy atom. The van der Waals surface area contributed by atoms with Crippen molar-refractivity contribution in [3.05, 3.63) is 70.3 Å². The second kappa shape index (κ2) is 10.4. The zero-order valence-corrected chi connectivity index (χ0v) is 16.7. The minimum absolute atomic E-state index is 0.0723. The van der Waals surface area contributed by atoms with Gasteiger partial charge < -0.3 is 14.5 Å². The van der Waals surface area contributed by atoms with Crippen molar-refractivity contribution in [3.63, 3.8) is 0 Å². The Labute approximate surface area is 175 Å². The highest BCUT2D eigenvalue weighted by Crippen LogP contribution is 2.25. The number of carbonyl (C=O) groups excluding carboxylic acids is 2. The van der Waals surface area contributed by atoms with Crippen LogP contribution >= 0.6 is 0 Å². The van der Waals surface area contributed by atoms with E-state index in [9.17, 15) is 19.7 Å². The van der Waals surface area contributed by atoms with E-state index in [1.807, 2.05) is 18.2 Å². The molecule has 2 amide bonds. The molecule has 8 nitrogen and oxygen atoms in total. The molecule has 1 saturated heterocycles. The van der Waals surface area contributed by atoms with E-state index in [1.54, 1.807) is 21.9 Å². The number of carbonyl (C=O) groups is 2. The third-order valence-corrected chi connectivity index (χ3v) is 5.10. The summed E-state index contributed by atoms with van der Waals surface area (Å²) < 4.78 is 5.37. The molecule has 2 aromatic carbocycles. The molecule has 0 spiro atoms. The monoisotopic (exact) mass is 411 g/mol. The molecule has 1 aliphatic rings. The molecule has 0 bridgehead atoms. The zero-order valence-electron chi connectivity index (χ0n) is 16.7. The van der Waals surface area contributed by atoms with Crippen LogP contribution in [-0.4, -0.2) is 59.3 Å².